The second-order valence-electron chi connectivity index (χ2n) is 5.04. The lowest BCUT2D eigenvalue weighted by Crippen LogP contribution is -2.41. The standard InChI is InChI=1S/C14H16BrNO3/c1-7-5-9(6-8(2)12(7)15)16-13(17)10-3-4-11(10)14(18)19/h5-6,10-11H,3-4H2,1-2H3,(H,16,17)(H,18,19). The second-order valence-corrected chi connectivity index (χ2v) is 5.83. The van der Waals surface area contributed by atoms with Crippen LogP contribution >= 0.6 is 15.9 Å². The van der Waals surface area contributed by atoms with Gasteiger partial charge in [0.05, 0.1) is 11.8 Å². The second kappa shape index (κ2) is 5.33. The molecule has 1 aliphatic rings. The van der Waals surface area contributed by atoms with Crippen LogP contribution in [0.4, 0.5) is 5.69 Å². The molecule has 1 aliphatic carbocycles. The molecular weight excluding hydrogens is 310 g/mol. The van der Waals surface area contributed by atoms with Crippen molar-refractivity contribution in [3.63, 3.8) is 0 Å². The third kappa shape index (κ3) is 2.81. The van der Waals surface area contributed by atoms with Crippen molar-refractivity contribution in [1.29, 1.82) is 0 Å². The molecule has 1 fully saturated rings. The molecule has 1 aromatic carbocycles. The smallest absolute Gasteiger partial charge is 0.307 e. The van der Waals surface area contributed by atoms with Gasteiger partial charge < -0.3 is 10.4 Å². The number of anilines is 1. The molecule has 1 saturated carbocycles. The lowest BCUT2D eigenvalue weighted by Gasteiger charge is -2.32. The predicted molar refractivity (Wildman–Crippen MR) is 76.1 cm³/mol. The number of carboxylic acid groups (broad SMARTS) is 1. The van der Waals surface area contributed by atoms with Crippen molar-refractivity contribution in [2.75, 3.05) is 5.32 Å². The number of benzene rings is 1. The molecule has 102 valence electrons. The summed E-state index contributed by atoms with van der Waals surface area (Å²) in [5, 5.41) is 11.8. The molecule has 4 nitrogen and oxygen atoms in total. The van der Waals surface area contributed by atoms with Crippen molar-refractivity contribution in [1.82, 2.24) is 0 Å². The van der Waals surface area contributed by atoms with Crippen LogP contribution in [0.5, 0.6) is 0 Å². The first kappa shape index (κ1) is 14.1. The molecule has 2 unspecified atom stereocenters. The van der Waals surface area contributed by atoms with Crippen LogP contribution in [0.1, 0.15) is 24.0 Å². The van der Waals surface area contributed by atoms with Gasteiger partial charge in [-0.05, 0) is 49.9 Å². The van der Waals surface area contributed by atoms with Gasteiger partial charge in [-0.3, -0.25) is 9.59 Å². The van der Waals surface area contributed by atoms with Gasteiger partial charge in [0.25, 0.3) is 0 Å². The van der Waals surface area contributed by atoms with Crippen molar-refractivity contribution < 1.29 is 14.7 Å². The molecule has 2 N–H and O–H groups in total. The Balaban J connectivity index is 2.09. The molecule has 2 atom stereocenters. The maximum absolute atomic E-state index is 12.0. The Bertz CT molecular complexity index is 518. The zero-order valence-electron chi connectivity index (χ0n) is 10.9. The Morgan fingerprint density at radius 2 is 1.74 bits per heavy atom. The van der Waals surface area contributed by atoms with Gasteiger partial charge in [0, 0.05) is 10.2 Å². The van der Waals surface area contributed by atoms with E-state index in [0.29, 0.717) is 12.8 Å². The van der Waals surface area contributed by atoms with Crippen molar-refractivity contribution in [3.05, 3.63) is 27.7 Å². The van der Waals surface area contributed by atoms with E-state index < -0.39 is 17.8 Å². The van der Waals surface area contributed by atoms with Crippen molar-refractivity contribution in [2.45, 2.75) is 26.7 Å². The summed E-state index contributed by atoms with van der Waals surface area (Å²) in [4.78, 5) is 22.9. The third-order valence-corrected chi connectivity index (χ3v) is 4.88. The molecule has 0 aromatic heterocycles. The number of rotatable bonds is 3. The number of hydrogen-bond donors (Lipinski definition) is 2. The largest absolute Gasteiger partial charge is 0.481 e. The Hall–Kier alpha value is -1.36. The number of aliphatic carboxylic acids is 1. The number of halogens is 1. The van der Waals surface area contributed by atoms with E-state index in [-0.39, 0.29) is 5.91 Å². The normalized spacial score (nSPS) is 21.6. The maximum atomic E-state index is 12.0. The van der Waals surface area contributed by atoms with Crippen LogP contribution in [0.25, 0.3) is 0 Å². The molecule has 0 spiro atoms. The minimum atomic E-state index is -0.880. The summed E-state index contributed by atoms with van der Waals surface area (Å²) in [5.74, 6) is -2.01. The van der Waals surface area contributed by atoms with Crippen molar-refractivity contribution in [3.8, 4) is 0 Å². The molecular formula is C14H16BrNO3. The van der Waals surface area contributed by atoms with Gasteiger partial charge >= 0.3 is 5.97 Å². The van der Waals surface area contributed by atoms with E-state index in [9.17, 15) is 9.59 Å². The fourth-order valence-electron chi connectivity index (χ4n) is 2.36. The van der Waals surface area contributed by atoms with Crippen LogP contribution in [0.3, 0.4) is 0 Å². The van der Waals surface area contributed by atoms with E-state index >= 15 is 0 Å². The fourth-order valence-corrected chi connectivity index (χ4v) is 2.59. The van der Waals surface area contributed by atoms with Gasteiger partial charge in [0.2, 0.25) is 5.91 Å². The number of hydrogen-bond acceptors (Lipinski definition) is 2. The highest BCUT2D eigenvalue weighted by Crippen LogP contribution is 2.35. The van der Waals surface area contributed by atoms with Crippen LogP contribution in [0.2, 0.25) is 0 Å². The van der Waals surface area contributed by atoms with E-state index in [4.69, 9.17) is 5.11 Å². The monoisotopic (exact) mass is 325 g/mol. The molecule has 5 heteroatoms. The highest BCUT2D eigenvalue weighted by atomic mass is 79.9. The number of carboxylic acids is 1. The summed E-state index contributed by atoms with van der Waals surface area (Å²) >= 11 is 3.47. The lowest BCUT2D eigenvalue weighted by molar-refractivity contribution is -0.151. The van der Waals surface area contributed by atoms with Crippen LogP contribution in [-0.2, 0) is 9.59 Å². The zero-order chi connectivity index (χ0) is 14.2. The average Bonchev–Trinajstić information content (AvgIpc) is 2.23. The molecule has 0 heterocycles. The molecule has 0 radical (unpaired) electrons. The third-order valence-electron chi connectivity index (χ3n) is 3.63. The average molecular weight is 326 g/mol. The Labute approximate surface area is 120 Å². The van der Waals surface area contributed by atoms with Gasteiger partial charge in [-0.25, -0.2) is 0 Å². The van der Waals surface area contributed by atoms with E-state index in [1.54, 1.807) is 0 Å². The Morgan fingerprint density at radius 1 is 1.21 bits per heavy atom. The molecule has 0 bridgehead atoms. The SMILES string of the molecule is Cc1cc(NC(=O)C2CCC2C(=O)O)cc(C)c1Br. The van der Waals surface area contributed by atoms with Gasteiger partial charge in [-0.2, -0.15) is 0 Å². The minimum absolute atomic E-state index is 0.195. The molecule has 0 saturated heterocycles. The van der Waals surface area contributed by atoms with Gasteiger partial charge in [0.15, 0.2) is 0 Å². The van der Waals surface area contributed by atoms with Crippen LogP contribution < -0.4 is 5.32 Å². The predicted octanol–water partition coefficient (Wildman–Crippen LogP) is 3.12. The molecule has 19 heavy (non-hydrogen) atoms. The van der Waals surface area contributed by atoms with Crippen LogP contribution in [0.15, 0.2) is 16.6 Å². The minimum Gasteiger partial charge on any atom is -0.481 e. The van der Waals surface area contributed by atoms with Gasteiger partial charge in [0.1, 0.15) is 0 Å². The summed E-state index contributed by atoms with van der Waals surface area (Å²) < 4.78 is 1.03. The van der Waals surface area contributed by atoms with Crippen LogP contribution in [0, 0.1) is 25.7 Å². The summed E-state index contributed by atoms with van der Waals surface area (Å²) in [7, 11) is 0. The first-order valence-corrected chi connectivity index (χ1v) is 7.00. The number of nitrogens with one attached hydrogen (secondary N) is 1. The summed E-state index contributed by atoms with van der Waals surface area (Å²) in [6.07, 6.45) is 1.24. The topological polar surface area (TPSA) is 66.4 Å². The van der Waals surface area contributed by atoms with Gasteiger partial charge in [-0.15, -0.1) is 0 Å². The maximum Gasteiger partial charge on any atom is 0.307 e. The fraction of sp³-hybridized carbons (Fsp3) is 0.429. The van der Waals surface area contributed by atoms with E-state index in [1.165, 1.54) is 0 Å². The molecule has 0 aliphatic heterocycles. The number of carbonyl (C=O) groups excluding carboxylic acids is 1. The van der Waals surface area contributed by atoms with E-state index in [2.05, 4.69) is 21.2 Å². The van der Waals surface area contributed by atoms with Crippen molar-refractivity contribution in [2.24, 2.45) is 11.8 Å². The number of carbonyl (C=O) groups is 2. The van der Waals surface area contributed by atoms with Gasteiger partial charge in [-0.1, -0.05) is 15.9 Å². The lowest BCUT2D eigenvalue weighted by atomic mass is 9.73. The number of amides is 1. The van der Waals surface area contributed by atoms with E-state index in [1.807, 2.05) is 26.0 Å². The highest BCUT2D eigenvalue weighted by Gasteiger charge is 2.41. The Kier molecular flexibility index (Phi) is 3.94. The van der Waals surface area contributed by atoms with Crippen molar-refractivity contribution >= 4 is 33.5 Å². The van der Waals surface area contributed by atoms with E-state index in [0.717, 1.165) is 21.3 Å². The zero-order valence-corrected chi connectivity index (χ0v) is 12.5. The highest BCUT2D eigenvalue weighted by molar-refractivity contribution is 9.10. The first-order chi connectivity index (χ1) is 8.90. The molecule has 1 aromatic rings. The summed E-state index contributed by atoms with van der Waals surface area (Å²) in [6.45, 7) is 3.91. The number of aryl methyl sites for hydroxylation is 2. The quantitative estimate of drug-likeness (QED) is 0.897. The molecule has 2 rings (SSSR count). The van der Waals surface area contributed by atoms with Crippen LogP contribution in [-0.4, -0.2) is 17.0 Å². The summed E-state index contributed by atoms with van der Waals surface area (Å²) in [6, 6.07) is 3.76. The Morgan fingerprint density at radius 3 is 2.16 bits per heavy atom. The summed E-state index contributed by atoms with van der Waals surface area (Å²) in [5.41, 5.74) is 2.80. The first-order valence-electron chi connectivity index (χ1n) is 6.20. The molecule has 1 amide bonds.